The number of hydrogen-bond acceptors (Lipinski definition) is 2. The Morgan fingerprint density at radius 3 is 2.34 bits per heavy atom. The zero-order chi connectivity index (χ0) is 20.9. The van der Waals surface area contributed by atoms with Crippen LogP contribution < -0.4 is 5.32 Å². The molecular formula is C23H27F2N2O2+. The summed E-state index contributed by atoms with van der Waals surface area (Å²) in [5.74, 6) is -1.72. The maximum Gasteiger partial charge on any atom is 0.248 e. The number of ether oxygens (including phenoxy) is 1. The molecule has 0 unspecified atom stereocenters. The molecule has 0 radical (unpaired) electrons. The molecule has 1 aliphatic heterocycles. The second-order valence-corrected chi connectivity index (χ2v) is 8.00. The molecule has 1 amide bonds. The molecule has 2 aromatic rings. The molecule has 154 valence electrons. The highest BCUT2D eigenvalue weighted by Gasteiger charge is 2.30. The minimum atomic E-state index is -0.678. The average Bonchev–Trinajstić information content (AvgIpc) is 2.68. The molecule has 1 heterocycles. The van der Waals surface area contributed by atoms with E-state index >= 15 is 0 Å². The first kappa shape index (κ1) is 21.1. The van der Waals surface area contributed by atoms with Crippen LogP contribution in [0.25, 0.3) is 6.08 Å². The Morgan fingerprint density at radius 2 is 1.72 bits per heavy atom. The lowest BCUT2D eigenvalue weighted by Crippen LogP contribution is -2.50. The molecule has 0 aliphatic carbocycles. The molecule has 1 saturated heterocycles. The summed E-state index contributed by atoms with van der Waals surface area (Å²) in [5, 5.41) is 2.76. The van der Waals surface area contributed by atoms with Crippen molar-refractivity contribution in [2.75, 3.05) is 32.6 Å². The maximum absolute atomic E-state index is 13.2. The van der Waals surface area contributed by atoms with E-state index in [-0.39, 0.29) is 5.91 Å². The molecule has 0 bridgehead atoms. The number of nitrogens with zero attached hydrogens (tertiary/aromatic N) is 1. The van der Waals surface area contributed by atoms with Gasteiger partial charge in [0.05, 0.1) is 33.4 Å². The van der Waals surface area contributed by atoms with Crippen molar-refractivity contribution in [1.29, 1.82) is 0 Å². The van der Waals surface area contributed by atoms with Gasteiger partial charge in [-0.05, 0) is 35.9 Å². The van der Waals surface area contributed by atoms with Gasteiger partial charge in [0.25, 0.3) is 0 Å². The number of halogens is 2. The minimum Gasteiger partial charge on any atom is -0.381 e. The normalized spacial score (nSPS) is 15.6. The smallest absolute Gasteiger partial charge is 0.248 e. The summed E-state index contributed by atoms with van der Waals surface area (Å²) in [4.78, 5) is 12.1. The summed E-state index contributed by atoms with van der Waals surface area (Å²) in [6.07, 6.45) is 4.78. The quantitative estimate of drug-likeness (QED) is 0.577. The third-order valence-corrected chi connectivity index (χ3v) is 5.30. The van der Waals surface area contributed by atoms with Crippen molar-refractivity contribution in [1.82, 2.24) is 0 Å². The largest absolute Gasteiger partial charge is 0.381 e. The Kier molecular flexibility index (Phi) is 6.77. The van der Waals surface area contributed by atoms with E-state index < -0.39 is 11.6 Å². The van der Waals surface area contributed by atoms with Crippen molar-refractivity contribution in [3.8, 4) is 0 Å². The van der Waals surface area contributed by atoms with Crippen LogP contribution in [-0.4, -0.2) is 43.7 Å². The summed E-state index contributed by atoms with van der Waals surface area (Å²) in [7, 11) is 4.48. The van der Waals surface area contributed by atoms with Crippen molar-refractivity contribution in [3.05, 3.63) is 71.3 Å². The van der Waals surface area contributed by atoms with Crippen LogP contribution in [0.4, 0.5) is 14.5 Å². The molecule has 0 spiro atoms. The Morgan fingerprint density at radius 1 is 1.10 bits per heavy atom. The van der Waals surface area contributed by atoms with Gasteiger partial charge < -0.3 is 14.5 Å². The van der Waals surface area contributed by atoms with Crippen LogP contribution in [0.15, 0.2) is 48.5 Å². The van der Waals surface area contributed by atoms with Crippen LogP contribution in [0.1, 0.15) is 24.0 Å². The lowest BCUT2D eigenvalue weighted by Gasteiger charge is -2.40. The minimum absolute atomic E-state index is 0.293. The lowest BCUT2D eigenvalue weighted by atomic mass is 10.0. The van der Waals surface area contributed by atoms with E-state index in [9.17, 15) is 13.6 Å². The van der Waals surface area contributed by atoms with E-state index in [1.54, 1.807) is 0 Å². The van der Waals surface area contributed by atoms with E-state index in [0.717, 1.165) is 43.1 Å². The first-order valence-electron chi connectivity index (χ1n) is 9.76. The fourth-order valence-electron chi connectivity index (χ4n) is 3.70. The van der Waals surface area contributed by atoms with E-state index in [4.69, 9.17) is 4.74 Å². The molecular weight excluding hydrogens is 374 g/mol. The van der Waals surface area contributed by atoms with Crippen LogP contribution >= 0.6 is 0 Å². The first-order chi connectivity index (χ1) is 13.8. The number of amides is 1. The van der Waals surface area contributed by atoms with Gasteiger partial charge in [0.1, 0.15) is 18.2 Å². The number of rotatable bonds is 6. The Hall–Kier alpha value is -2.57. The van der Waals surface area contributed by atoms with Gasteiger partial charge in [-0.15, -0.1) is 0 Å². The van der Waals surface area contributed by atoms with E-state index in [1.165, 1.54) is 29.8 Å². The third-order valence-electron chi connectivity index (χ3n) is 5.30. The van der Waals surface area contributed by atoms with Crippen molar-refractivity contribution in [2.45, 2.75) is 25.4 Å². The highest BCUT2D eigenvalue weighted by atomic mass is 19.1. The van der Waals surface area contributed by atoms with Gasteiger partial charge in [0.15, 0.2) is 0 Å². The summed E-state index contributed by atoms with van der Waals surface area (Å²) in [5.41, 5.74) is 2.16. The lowest BCUT2D eigenvalue weighted by molar-refractivity contribution is -0.929. The second kappa shape index (κ2) is 9.29. The van der Waals surface area contributed by atoms with Gasteiger partial charge in [-0.25, -0.2) is 8.78 Å². The van der Waals surface area contributed by atoms with Gasteiger partial charge in [0.2, 0.25) is 5.91 Å². The molecule has 3 rings (SSSR count). The standard InChI is InChI=1S/C23H26F2N2O2/c1-27(2,22-9-11-29-12-10-22)16-17-3-6-21(7-4-17)26-23(28)8-5-18-13-19(24)15-20(25)14-18/h3-8,13-15,22H,9-12,16H2,1-2H3/p+1. The predicted octanol–water partition coefficient (Wildman–Crippen LogP) is 4.37. The van der Waals surface area contributed by atoms with Crippen LogP contribution in [0.5, 0.6) is 0 Å². The van der Waals surface area contributed by atoms with Crippen molar-refractivity contribution in [2.24, 2.45) is 0 Å². The van der Waals surface area contributed by atoms with Gasteiger partial charge in [0, 0.05) is 36.2 Å². The average molecular weight is 401 g/mol. The van der Waals surface area contributed by atoms with Crippen LogP contribution in [0.2, 0.25) is 0 Å². The molecule has 2 aromatic carbocycles. The molecule has 0 atom stereocenters. The number of benzene rings is 2. The van der Waals surface area contributed by atoms with Crippen LogP contribution in [0.3, 0.4) is 0 Å². The predicted molar refractivity (Wildman–Crippen MR) is 110 cm³/mol. The number of quaternary nitrogens is 1. The van der Waals surface area contributed by atoms with Crippen molar-refractivity contribution in [3.63, 3.8) is 0 Å². The summed E-state index contributed by atoms with van der Waals surface area (Å²) >= 11 is 0. The fraction of sp³-hybridized carbons (Fsp3) is 0.348. The molecule has 0 saturated carbocycles. The van der Waals surface area contributed by atoms with E-state index in [0.29, 0.717) is 17.3 Å². The number of carbonyl (C=O) groups excluding carboxylic acids is 1. The highest BCUT2D eigenvalue weighted by Crippen LogP contribution is 2.23. The Bertz CT molecular complexity index is 853. The summed E-state index contributed by atoms with van der Waals surface area (Å²) in [6.45, 7) is 2.56. The summed E-state index contributed by atoms with van der Waals surface area (Å²) < 4.78 is 32.8. The van der Waals surface area contributed by atoms with E-state index in [2.05, 4.69) is 19.4 Å². The molecule has 29 heavy (non-hydrogen) atoms. The Labute approximate surface area is 170 Å². The second-order valence-electron chi connectivity index (χ2n) is 8.00. The fourth-order valence-corrected chi connectivity index (χ4v) is 3.70. The monoisotopic (exact) mass is 401 g/mol. The molecule has 0 aromatic heterocycles. The van der Waals surface area contributed by atoms with Gasteiger partial charge in [-0.2, -0.15) is 0 Å². The van der Waals surface area contributed by atoms with Crippen LogP contribution in [-0.2, 0) is 16.1 Å². The molecule has 1 N–H and O–H groups in total. The van der Waals surface area contributed by atoms with E-state index in [1.807, 2.05) is 24.3 Å². The SMILES string of the molecule is C[N+](C)(Cc1ccc(NC(=O)C=Cc2cc(F)cc(F)c2)cc1)C1CCOCC1. The van der Waals surface area contributed by atoms with Crippen molar-refractivity contribution < 1.29 is 22.8 Å². The molecule has 6 heteroatoms. The van der Waals surface area contributed by atoms with Gasteiger partial charge in [-0.1, -0.05) is 12.1 Å². The molecule has 4 nitrogen and oxygen atoms in total. The molecule has 1 fully saturated rings. The Balaban J connectivity index is 1.57. The van der Waals surface area contributed by atoms with Gasteiger partial charge in [-0.3, -0.25) is 4.79 Å². The third kappa shape index (κ3) is 6.21. The number of carbonyl (C=O) groups is 1. The van der Waals surface area contributed by atoms with Crippen molar-refractivity contribution >= 4 is 17.7 Å². The summed E-state index contributed by atoms with van der Waals surface area (Å²) in [6, 6.07) is 11.5. The van der Waals surface area contributed by atoms with Gasteiger partial charge >= 0.3 is 0 Å². The number of hydrogen-bond donors (Lipinski definition) is 1. The number of nitrogens with one attached hydrogen (secondary N) is 1. The topological polar surface area (TPSA) is 38.3 Å². The first-order valence-corrected chi connectivity index (χ1v) is 9.76. The molecule has 1 aliphatic rings. The zero-order valence-corrected chi connectivity index (χ0v) is 16.8. The number of anilines is 1. The van der Waals surface area contributed by atoms with Crippen LogP contribution in [0, 0.1) is 11.6 Å². The highest BCUT2D eigenvalue weighted by molar-refractivity contribution is 6.01. The maximum atomic E-state index is 13.2. The zero-order valence-electron chi connectivity index (χ0n) is 16.8.